The van der Waals surface area contributed by atoms with Crippen molar-refractivity contribution in [1.82, 2.24) is 19.8 Å². The third-order valence-electron chi connectivity index (χ3n) is 3.52. The Kier molecular flexibility index (Phi) is 3.58. The number of carbonyl (C=O) groups is 1. The summed E-state index contributed by atoms with van der Waals surface area (Å²) in [6, 6.07) is 7.12. The number of hydrogen-bond acceptors (Lipinski definition) is 6. The van der Waals surface area contributed by atoms with Gasteiger partial charge in [0.2, 0.25) is 5.78 Å². The van der Waals surface area contributed by atoms with Crippen molar-refractivity contribution in [2.24, 2.45) is 5.41 Å². The van der Waals surface area contributed by atoms with Gasteiger partial charge in [-0.1, -0.05) is 13.8 Å². The second-order valence-electron chi connectivity index (χ2n) is 5.94. The molecular weight excluding hydrogens is 284 g/mol. The largest absolute Gasteiger partial charge is 0.461 e. The van der Waals surface area contributed by atoms with Crippen LogP contribution in [0.5, 0.6) is 11.5 Å². The molecule has 7 nitrogen and oxygen atoms in total. The number of ether oxygens (including phenoxy) is 1. The number of nitrogens with zero attached hydrogens (tertiary/aromatic N) is 4. The summed E-state index contributed by atoms with van der Waals surface area (Å²) in [5.41, 5.74) is -0.684. The van der Waals surface area contributed by atoms with E-state index >= 15 is 0 Å². The van der Waals surface area contributed by atoms with Crippen LogP contribution in [-0.4, -0.2) is 39.2 Å². The molecule has 3 heterocycles. The van der Waals surface area contributed by atoms with Gasteiger partial charge in [0.25, 0.3) is 6.23 Å². The summed E-state index contributed by atoms with van der Waals surface area (Å²) < 4.78 is 7.29. The fraction of sp³-hybridized carbons (Fsp3) is 0.400. The Morgan fingerprint density at radius 1 is 1.23 bits per heavy atom. The first kappa shape index (κ1) is 14.5. The van der Waals surface area contributed by atoms with Crippen molar-refractivity contribution < 1.29 is 14.4 Å². The molecule has 0 saturated heterocycles. The Balaban J connectivity index is 2.03. The molecule has 2 aliphatic rings. The van der Waals surface area contributed by atoms with Gasteiger partial charge in [0.15, 0.2) is 0 Å². The van der Waals surface area contributed by atoms with Crippen LogP contribution in [0.2, 0.25) is 0 Å². The third kappa shape index (κ3) is 2.80. The zero-order valence-electron chi connectivity index (χ0n) is 12.8. The molecule has 1 aromatic heterocycles. The number of carbonyl (C=O) groups excluding carboxylic acids is 1. The molecule has 0 N–H and O–H groups in total. The summed E-state index contributed by atoms with van der Waals surface area (Å²) in [7, 11) is 1.80. The number of benzene rings is 1. The minimum Gasteiger partial charge on any atom is -0.461 e. The summed E-state index contributed by atoms with van der Waals surface area (Å²) >= 11 is 0. The topological polar surface area (TPSA) is 69.5 Å². The number of Topliss-reactive ketones (excluding diaryl/α,β-unsaturated/α-hetero) is 1. The van der Waals surface area contributed by atoms with E-state index in [1.807, 2.05) is 13.8 Å². The van der Waals surface area contributed by atoms with Crippen LogP contribution >= 0.6 is 0 Å². The first-order valence-corrected chi connectivity index (χ1v) is 7.00. The Labute approximate surface area is 128 Å². The maximum atomic E-state index is 13.0. The van der Waals surface area contributed by atoms with Crippen LogP contribution in [0.4, 0.5) is 0 Å². The van der Waals surface area contributed by atoms with Gasteiger partial charge in [0.05, 0.1) is 0 Å². The molecule has 4 rings (SSSR count). The molecule has 2 aliphatic heterocycles. The van der Waals surface area contributed by atoms with Crippen molar-refractivity contribution >= 4 is 5.78 Å². The van der Waals surface area contributed by atoms with Crippen LogP contribution < -0.4 is 9.57 Å². The van der Waals surface area contributed by atoms with Crippen molar-refractivity contribution in [1.29, 1.82) is 0 Å². The number of fused-ring (bicyclic) bond motifs is 8. The predicted molar refractivity (Wildman–Crippen MR) is 78.2 cm³/mol. The fourth-order valence-electron chi connectivity index (χ4n) is 2.46. The standard InChI is InChI=1S/C15H18N4O3/c1-15(2)8-18(3)22-12-6-4-11(5-7-12)21-14(13(15)20)19-10-16-9-17-19/h4-7,9-10,14H,8H2,1-3H3. The van der Waals surface area contributed by atoms with E-state index in [1.165, 1.54) is 17.3 Å². The molecule has 116 valence electrons. The predicted octanol–water partition coefficient (Wildman–Crippen LogP) is 1.69. The van der Waals surface area contributed by atoms with Crippen molar-refractivity contribution in [3.8, 4) is 11.5 Å². The lowest BCUT2D eigenvalue weighted by Gasteiger charge is -2.30. The quantitative estimate of drug-likeness (QED) is 0.798. The summed E-state index contributed by atoms with van der Waals surface area (Å²) in [4.78, 5) is 22.6. The lowest BCUT2D eigenvalue weighted by molar-refractivity contribution is -0.144. The molecule has 1 atom stereocenters. The highest BCUT2D eigenvalue weighted by atomic mass is 16.7. The van der Waals surface area contributed by atoms with Crippen LogP contribution in [0.15, 0.2) is 36.9 Å². The summed E-state index contributed by atoms with van der Waals surface area (Å²) in [6.07, 6.45) is 2.00. The van der Waals surface area contributed by atoms with Crippen LogP contribution in [0.3, 0.4) is 0 Å². The van der Waals surface area contributed by atoms with Crippen LogP contribution in [0, 0.1) is 5.41 Å². The zero-order chi connectivity index (χ0) is 15.7. The normalized spacial score (nSPS) is 21.8. The third-order valence-corrected chi connectivity index (χ3v) is 3.52. The molecule has 1 aromatic carbocycles. The molecule has 7 heteroatoms. The highest BCUT2D eigenvalue weighted by Crippen LogP contribution is 2.30. The SMILES string of the molecule is CN1CC(C)(C)C(=O)C(n2cncn2)Oc2ccc(cc2)O1. The molecule has 22 heavy (non-hydrogen) atoms. The van der Waals surface area contributed by atoms with Gasteiger partial charge in [-0.2, -0.15) is 5.10 Å². The number of rotatable bonds is 1. The molecule has 2 aromatic rings. The number of ketones is 1. The Bertz CT molecular complexity index is 652. The minimum absolute atomic E-state index is 0.0990. The van der Waals surface area contributed by atoms with Gasteiger partial charge in [0.1, 0.15) is 24.2 Å². The molecule has 0 fully saturated rings. The van der Waals surface area contributed by atoms with Gasteiger partial charge < -0.3 is 9.57 Å². The van der Waals surface area contributed by atoms with E-state index < -0.39 is 11.6 Å². The summed E-state index contributed by atoms with van der Waals surface area (Å²) in [5.74, 6) is 1.16. The van der Waals surface area contributed by atoms with E-state index in [1.54, 1.807) is 36.4 Å². The van der Waals surface area contributed by atoms with Crippen molar-refractivity contribution in [3.05, 3.63) is 36.9 Å². The van der Waals surface area contributed by atoms with Gasteiger partial charge in [-0.25, -0.2) is 9.67 Å². The molecule has 0 spiro atoms. The molecule has 2 bridgehead atoms. The van der Waals surface area contributed by atoms with Crippen molar-refractivity contribution in [2.75, 3.05) is 13.6 Å². The first-order chi connectivity index (χ1) is 10.5. The maximum absolute atomic E-state index is 13.0. The number of aromatic nitrogens is 3. The van der Waals surface area contributed by atoms with Gasteiger partial charge >= 0.3 is 0 Å². The maximum Gasteiger partial charge on any atom is 0.252 e. The number of hydrogen-bond donors (Lipinski definition) is 0. The number of hydroxylamine groups is 2. The van der Waals surface area contributed by atoms with E-state index in [2.05, 4.69) is 10.1 Å². The minimum atomic E-state index is -0.866. The molecule has 0 saturated carbocycles. The molecule has 0 aliphatic carbocycles. The van der Waals surface area contributed by atoms with Gasteiger partial charge in [-0.05, 0) is 24.3 Å². The Hall–Kier alpha value is -2.41. The van der Waals surface area contributed by atoms with E-state index in [-0.39, 0.29) is 5.78 Å². The second-order valence-corrected chi connectivity index (χ2v) is 5.94. The monoisotopic (exact) mass is 302 g/mol. The van der Waals surface area contributed by atoms with Crippen LogP contribution in [0.25, 0.3) is 0 Å². The lowest BCUT2D eigenvalue weighted by Crippen LogP contribution is -2.43. The van der Waals surface area contributed by atoms with Gasteiger partial charge in [-0.3, -0.25) is 4.79 Å². The molecule has 1 unspecified atom stereocenters. The second kappa shape index (κ2) is 5.42. The van der Waals surface area contributed by atoms with Gasteiger partial charge in [0, 0.05) is 19.0 Å². The fourth-order valence-corrected chi connectivity index (χ4v) is 2.46. The van der Waals surface area contributed by atoms with Crippen molar-refractivity contribution in [3.63, 3.8) is 0 Å². The van der Waals surface area contributed by atoms with E-state index in [9.17, 15) is 4.79 Å². The van der Waals surface area contributed by atoms with Gasteiger partial charge in [-0.15, -0.1) is 5.06 Å². The highest BCUT2D eigenvalue weighted by molar-refractivity contribution is 5.87. The van der Waals surface area contributed by atoms with E-state index in [0.717, 1.165) is 0 Å². The summed E-state index contributed by atoms with van der Waals surface area (Å²) in [6.45, 7) is 4.14. The Morgan fingerprint density at radius 3 is 2.55 bits per heavy atom. The van der Waals surface area contributed by atoms with E-state index in [0.29, 0.717) is 18.0 Å². The molecular formula is C15H18N4O3. The smallest absolute Gasteiger partial charge is 0.252 e. The van der Waals surface area contributed by atoms with Crippen LogP contribution in [-0.2, 0) is 4.79 Å². The zero-order valence-corrected chi connectivity index (χ0v) is 12.8. The van der Waals surface area contributed by atoms with Crippen molar-refractivity contribution in [2.45, 2.75) is 20.1 Å². The molecule has 0 amide bonds. The summed E-state index contributed by atoms with van der Waals surface area (Å²) in [5, 5.41) is 5.70. The Morgan fingerprint density at radius 2 is 1.91 bits per heavy atom. The average molecular weight is 302 g/mol. The van der Waals surface area contributed by atoms with E-state index in [4.69, 9.17) is 9.57 Å². The molecule has 0 radical (unpaired) electrons. The first-order valence-electron chi connectivity index (χ1n) is 7.00. The van der Waals surface area contributed by atoms with Crippen LogP contribution in [0.1, 0.15) is 20.1 Å². The highest BCUT2D eigenvalue weighted by Gasteiger charge is 2.38. The lowest BCUT2D eigenvalue weighted by atomic mass is 9.87. The average Bonchev–Trinajstić information content (AvgIpc) is 2.98.